The van der Waals surface area contributed by atoms with Crippen LogP contribution in [-0.4, -0.2) is 0 Å². The van der Waals surface area contributed by atoms with Gasteiger partial charge in [-0.25, -0.2) is 0 Å². The summed E-state index contributed by atoms with van der Waals surface area (Å²) in [5.74, 6) is 0. The van der Waals surface area contributed by atoms with Gasteiger partial charge in [0.1, 0.15) is 0 Å². The van der Waals surface area contributed by atoms with Crippen molar-refractivity contribution >= 4 is 10.8 Å². The smallest absolute Gasteiger partial charge is 0.00726 e. The molecule has 0 nitrogen and oxygen atoms in total. The summed E-state index contributed by atoms with van der Waals surface area (Å²) in [6.07, 6.45) is 7.42. The lowest BCUT2D eigenvalue weighted by molar-refractivity contribution is 0.745. The van der Waals surface area contributed by atoms with Gasteiger partial charge in [-0.1, -0.05) is 48.5 Å². The third-order valence-corrected chi connectivity index (χ3v) is 4.38. The highest BCUT2D eigenvalue weighted by molar-refractivity contribution is 5.81. The maximum atomic E-state index is 3.15. The molecule has 2 saturated carbocycles. The average Bonchev–Trinajstić information content (AvgIpc) is 3.11. The fourth-order valence-corrected chi connectivity index (χ4v) is 2.97. The molecule has 0 heteroatoms. The average molecular weight is 218 g/mol. The largest absolute Gasteiger partial charge is 0.128 e. The van der Waals surface area contributed by atoms with Gasteiger partial charge in [-0.05, 0) is 35.8 Å². The summed E-state index contributed by atoms with van der Waals surface area (Å²) in [6.45, 7) is 0. The Morgan fingerprint density at radius 3 is 1.35 bits per heavy atom. The number of allylic oxidation sites excluding steroid dienone is 1. The second-order valence-electron chi connectivity index (χ2n) is 5.47. The van der Waals surface area contributed by atoms with Crippen molar-refractivity contribution in [3.05, 3.63) is 66.4 Å². The summed E-state index contributed by atoms with van der Waals surface area (Å²) in [4.78, 5) is 0. The van der Waals surface area contributed by atoms with Crippen LogP contribution in [0.4, 0.5) is 0 Å². The van der Waals surface area contributed by atoms with Crippen molar-refractivity contribution in [2.24, 2.45) is 10.8 Å². The Hall–Kier alpha value is -1.78. The molecule has 17 heavy (non-hydrogen) atoms. The minimum absolute atomic E-state index is 0.715. The Balaban J connectivity index is 0.0000000989. The fraction of sp³-hybridized carbons (Fsp3) is 0.235. The summed E-state index contributed by atoms with van der Waals surface area (Å²) in [6, 6.07) is 16.7. The molecule has 0 atom stereocenters. The highest BCUT2D eigenvalue weighted by atomic mass is 14.8. The van der Waals surface area contributed by atoms with E-state index >= 15 is 0 Å². The van der Waals surface area contributed by atoms with Crippen LogP contribution in [0.3, 0.4) is 0 Å². The molecule has 3 aliphatic rings. The Morgan fingerprint density at radius 2 is 1.12 bits per heavy atom. The van der Waals surface area contributed by atoms with Crippen LogP contribution in [0.25, 0.3) is 10.8 Å². The van der Waals surface area contributed by atoms with Crippen LogP contribution in [0.5, 0.6) is 0 Å². The Morgan fingerprint density at radius 1 is 0.706 bits per heavy atom. The zero-order valence-corrected chi connectivity index (χ0v) is 9.69. The van der Waals surface area contributed by atoms with Crippen molar-refractivity contribution in [2.45, 2.75) is 12.8 Å². The molecular formula is C17H14. The van der Waals surface area contributed by atoms with Crippen LogP contribution in [0.2, 0.25) is 0 Å². The maximum Gasteiger partial charge on any atom is 0.00726 e. The zero-order valence-electron chi connectivity index (χ0n) is 9.69. The van der Waals surface area contributed by atoms with E-state index in [1.165, 1.54) is 23.6 Å². The third kappa shape index (κ3) is 1.25. The number of benzene rings is 2. The van der Waals surface area contributed by atoms with Crippen LogP contribution < -0.4 is 0 Å². The summed E-state index contributed by atoms with van der Waals surface area (Å²) < 4.78 is 0. The van der Waals surface area contributed by atoms with Crippen LogP contribution >= 0.6 is 0 Å². The second-order valence-corrected chi connectivity index (χ2v) is 5.47. The lowest BCUT2D eigenvalue weighted by Gasteiger charge is -1.92. The van der Waals surface area contributed by atoms with Gasteiger partial charge in [-0.3, -0.25) is 0 Å². The van der Waals surface area contributed by atoms with Crippen molar-refractivity contribution in [1.29, 1.82) is 0 Å². The monoisotopic (exact) mass is 218 g/mol. The van der Waals surface area contributed by atoms with Gasteiger partial charge in [0.05, 0.1) is 0 Å². The minimum atomic E-state index is 0.715. The highest BCUT2D eigenvalue weighted by Crippen LogP contribution is 2.89. The minimum Gasteiger partial charge on any atom is -0.128 e. The second kappa shape index (κ2) is 2.91. The first kappa shape index (κ1) is 9.27. The van der Waals surface area contributed by atoms with E-state index in [9.17, 15) is 0 Å². The predicted octanol–water partition coefficient (Wildman–Crippen LogP) is 4.33. The molecule has 0 aliphatic heterocycles. The molecule has 0 bridgehead atoms. The molecule has 2 fully saturated rings. The van der Waals surface area contributed by atoms with E-state index in [4.69, 9.17) is 0 Å². The van der Waals surface area contributed by atoms with E-state index in [2.05, 4.69) is 66.4 Å². The quantitative estimate of drug-likeness (QED) is 0.577. The normalized spacial score (nSPS) is 33.6. The zero-order chi connectivity index (χ0) is 11.3. The van der Waals surface area contributed by atoms with Gasteiger partial charge in [0, 0.05) is 10.8 Å². The molecule has 2 aromatic rings. The molecule has 0 N–H and O–H groups in total. The topological polar surface area (TPSA) is 0 Å². The molecule has 2 aromatic carbocycles. The molecule has 0 heterocycles. The lowest BCUT2D eigenvalue weighted by atomic mass is 10.1. The summed E-state index contributed by atoms with van der Waals surface area (Å²) in [5.41, 5.74) is 4.58. The Labute approximate surface area is 101 Å². The maximum absolute atomic E-state index is 3.15. The van der Waals surface area contributed by atoms with Gasteiger partial charge in [0.15, 0.2) is 0 Å². The van der Waals surface area contributed by atoms with Crippen LogP contribution in [0.1, 0.15) is 12.8 Å². The van der Waals surface area contributed by atoms with E-state index in [0.717, 1.165) is 0 Å². The number of hydrogen-bond acceptors (Lipinski definition) is 0. The fourth-order valence-electron chi connectivity index (χ4n) is 2.97. The van der Waals surface area contributed by atoms with Gasteiger partial charge in [-0.2, -0.15) is 0 Å². The lowest BCUT2D eigenvalue weighted by Crippen LogP contribution is -1.78. The van der Waals surface area contributed by atoms with Crippen molar-refractivity contribution < 1.29 is 0 Å². The van der Waals surface area contributed by atoms with Gasteiger partial charge >= 0.3 is 0 Å². The van der Waals surface area contributed by atoms with E-state index in [1.54, 1.807) is 0 Å². The van der Waals surface area contributed by atoms with Crippen molar-refractivity contribution in [1.82, 2.24) is 0 Å². The molecule has 0 amide bonds. The van der Waals surface area contributed by atoms with Crippen LogP contribution in [-0.2, 0) is 0 Å². The SMILES string of the molecule is C1=CC23CC2(C=1)C3.c1ccc2ccccc2c1. The van der Waals surface area contributed by atoms with Crippen molar-refractivity contribution in [3.63, 3.8) is 0 Å². The Bertz CT molecular complexity index is 567. The highest BCUT2D eigenvalue weighted by Gasteiger charge is 2.81. The van der Waals surface area contributed by atoms with E-state index in [1.807, 2.05) is 0 Å². The summed E-state index contributed by atoms with van der Waals surface area (Å²) in [7, 11) is 0. The van der Waals surface area contributed by atoms with E-state index in [-0.39, 0.29) is 0 Å². The first-order valence-electron chi connectivity index (χ1n) is 6.22. The first-order chi connectivity index (χ1) is 8.34. The number of fused-ring (bicyclic) bond motifs is 1. The van der Waals surface area contributed by atoms with E-state index < -0.39 is 0 Å². The van der Waals surface area contributed by atoms with Gasteiger partial charge < -0.3 is 0 Å². The summed E-state index contributed by atoms with van der Waals surface area (Å²) in [5, 5.41) is 2.62. The Kier molecular flexibility index (Phi) is 1.59. The third-order valence-electron chi connectivity index (χ3n) is 4.38. The number of hydrogen-bond donors (Lipinski definition) is 0. The molecule has 0 saturated heterocycles. The molecule has 3 aliphatic carbocycles. The summed E-state index contributed by atoms with van der Waals surface area (Å²) >= 11 is 0. The van der Waals surface area contributed by atoms with E-state index in [0.29, 0.717) is 10.8 Å². The molecule has 0 unspecified atom stereocenters. The van der Waals surface area contributed by atoms with Crippen LogP contribution in [0, 0.1) is 10.8 Å². The number of rotatable bonds is 0. The van der Waals surface area contributed by atoms with Gasteiger partial charge in [0.2, 0.25) is 0 Å². The van der Waals surface area contributed by atoms with Crippen LogP contribution in [0.15, 0.2) is 66.4 Å². The van der Waals surface area contributed by atoms with Crippen molar-refractivity contribution in [2.75, 3.05) is 0 Å². The molecule has 0 spiro atoms. The first-order valence-corrected chi connectivity index (χ1v) is 6.22. The van der Waals surface area contributed by atoms with Crippen molar-refractivity contribution in [3.8, 4) is 0 Å². The molecule has 82 valence electrons. The molecule has 5 rings (SSSR count). The predicted molar refractivity (Wildman–Crippen MR) is 70.7 cm³/mol. The molecule has 0 aromatic heterocycles. The molecular weight excluding hydrogens is 204 g/mol. The van der Waals surface area contributed by atoms with Gasteiger partial charge in [0.25, 0.3) is 0 Å². The molecule has 0 radical (unpaired) electrons. The standard InChI is InChI=1S/C10H8.C7H6/c1-2-6-10-8-4-3-7-9(10)5-1;1-2-6-4-7(6,3-1)5-6/h1-8H;2-3H,4-5H2. The van der Waals surface area contributed by atoms with Gasteiger partial charge in [-0.15, -0.1) is 5.73 Å².